The maximum Gasteiger partial charge on any atom is 0.200 e. The molecular weight excluding hydrogens is 445 g/mol. The molecule has 0 aliphatic rings. The molecule has 26 heavy (non-hydrogen) atoms. The van der Waals surface area contributed by atoms with Gasteiger partial charge in [-0.05, 0) is 30.2 Å². The van der Waals surface area contributed by atoms with Crippen LogP contribution >= 0.6 is 24.0 Å². The van der Waals surface area contributed by atoms with Gasteiger partial charge in [0.05, 0.1) is 14.2 Å². The Kier molecular flexibility index (Phi) is 9.04. The molecule has 0 spiro atoms. The molecule has 0 amide bonds. The molecule has 2 rings (SSSR count). The largest absolute Gasteiger partial charge is 0.502 e. The van der Waals surface area contributed by atoms with Crippen LogP contribution < -0.4 is 20.1 Å². The van der Waals surface area contributed by atoms with E-state index in [1.165, 1.54) is 25.3 Å². The second kappa shape index (κ2) is 10.7. The summed E-state index contributed by atoms with van der Waals surface area (Å²) in [6.45, 7) is 3.26. The van der Waals surface area contributed by atoms with Crippen molar-refractivity contribution < 1.29 is 14.6 Å². The van der Waals surface area contributed by atoms with E-state index in [1.54, 1.807) is 19.2 Å². The van der Waals surface area contributed by atoms with E-state index in [2.05, 4.69) is 46.8 Å². The number of aromatic hydroxyl groups is 1. The molecule has 2 aromatic rings. The first kappa shape index (κ1) is 21.9. The van der Waals surface area contributed by atoms with Crippen LogP contribution in [0.15, 0.2) is 41.4 Å². The molecule has 0 unspecified atom stereocenters. The molecule has 0 fully saturated rings. The van der Waals surface area contributed by atoms with Crippen molar-refractivity contribution >= 4 is 29.9 Å². The minimum atomic E-state index is -0.00405. The summed E-state index contributed by atoms with van der Waals surface area (Å²) in [6.07, 6.45) is 0. The number of hydrogen-bond acceptors (Lipinski definition) is 4. The Morgan fingerprint density at radius 3 is 1.92 bits per heavy atom. The number of ether oxygens (including phenoxy) is 2. The summed E-state index contributed by atoms with van der Waals surface area (Å²) in [7, 11) is 4.74. The van der Waals surface area contributed by atoms with Crippen LogP contribution in [0.5, 0.6) is 17.2 Å². The van der Waals surface area contributed by atoms with Gasteiger partial charge in [0, 0.05) is 20.1 Å². The summed E-state index contributed by atoms with van der Waals surface area (Å²) in [6, 6.07) is 11.9. The zero-order chi connectivity index (χ0) is 18.2. The smallest absolute Gasteiger partial charge is 0.200 e. The van der Waals surface area contributed by atoms with Crippen LogP contribution in [-0.4, -0.2) is 32.3 Å². The van der Waals surface area contributed by atoms with Crippen molar-refractivity contribution in [1.82, 2.24) is 10.6 Å². The number of phenolic OH excluding ortho intramolecular Hbond substituents is 1. The number of benzene rings is 2. The van der Waals surface area contributed by atoms with Gasteiger partial charge in [-0.15, -0.1) is 24.0 Å². The number of rotatable bonds is 6. The Balaban J connectivity index is 0.00000338. The van der Waals surface area contributed by atoms with Crippen molar-refractivity contribution in [3.05, 3.63) is 53.1 Å². The van der Waals surface area contributed by atoms with Crippen LogP contribution in [0.4, 0.5) is 0 Å². The summed E-state index contributed by atoms with van der Waals surface area (Å²) >= 11 is 0. The summed E-state index contributed by atoms with van der Waals surface area (Å²) < 4.78 is 10.3. The van der Waals surface area contributed by atoms with Crippen LogP contribution in [0.25, 0.3) is 0 Å². The first-order valence-electron chi connectivity index (χ1n) is 8.01. The third-order valence-electron chi connectivity index (χ3n) is 3.80. The zero-order valence-electron chi connectivity index (χ0n) is 15.5. The molecule has 0 saturated carbocycles. The number of hydrogen-bond donors (Lipinski definition) is 3. The molecule has 0 heterocycles. The molecule has 0 atom stereocenters. The van der Waals surface area contributed by atoms with E-state index in [4.69, 9.17) is 9.47 Å². The molecule has 0 radical (unpaired) electrons. The minimum absolute atomic E-state index is 0. The molecule has 6 nitrogen and oxygen atoms in total. The molecule has 0 bridgehead atoms. The fourth-order valence-corrected chi connectivity index (χ4v) is 2.35. The van der Waals surface area contributed by atoms with Crippen molar-refractivity contribution in [1.29, 1.82) is 0 Å². The van der Waals surface area contributed by atoms with Gasteiger partial charge >= 0.3 is 0 Å². The van der Waals surface area contributed by atoms with Crippen LogP contribution in [0, 0.1) is 6.92 Å². The van der Waals surface area contributed by atoms with E-state index in [1.807, 2.05) is 0 Å². The van der Waals surface area contributed by atoms with Crippen molar-refractivity contribution in [2.24, 2.45) is 4.99 Å². The van der Waals surface area contributed by atoms with Crippen LogP contribution in [0.3, 0.4) is 0 Å². The summed E-state index contributed by atoms with van der Waals surface area (Å²) in [5.74, 6) is 1.43. The van der Waals surface area contributed by atoms with Gasteiger partial charge in [-0.2, -0.15) is 0 Å². The van der Waals surface area contributed by atoms with Crippen molar-refractivity contribution in [3.8, 4) is 17.2 Å². The Morgan fingerprint density at radius 1 is 0.962 bits per heavy atom. The molecule has 0 saturated heterocycles. The monoisotopic (exact) mass is 471 g/mol. The number of halogens is 1. The first-order valence-corrected chi connectivity index (χ1v) is 8.01. The Labute approximate surface area is 171 Å². The van der Waals surface area contributed by atoms with E-state index < -0.39 is 0 Å². The Morgan fingerprint density at radius 2 is 1.46 bits per heavy atom. The maximum absolute atomic E-state index is 9.96. The third-order valence-corrected chi connectivity index (χ3v) is 3.80. The van der Waals surface area contributed by atoms with Gasteiger partial charge in [0.15, 0.2) is 17.5 Å². The van der Waals surface area contributed by atoms with E-state index in [9.17, 15) is 5.11 Å². The van der Waals surface area contributed by atoms with Crippen LogP contribution in [0.1, 0.15) is 16.7 Å². The van der Waals surface area contributed by atoms with Gasteiger partial charge < -0.3 is 25.2 Å². The van der Waals surface area contributed by atoms with Crippen molar-refractivity contribution in [2.45, 2.75) is 20.0 Å². The SMILES string of the molecule is CN=C(NCc1ccc(C)cc1)NCc1cc(OC)c(O)c(OC)c1.I. The summed E-state index contributed by atoms with van der Waals surface area (Å²) in [5.41, 5.74) is 3.33. The molecule has 7 heteroatoms. The standard InChI is InChI=1S/C19H25N3O3.HI/c1-13-5-7-14(8-6-13)11-21-19(20-2)22-12-15-9-16(24-3)18(23)17(10-15)25-4;/h5-10,23H,11-12H2,1-4H3,(H2,20,21,22);1H. The van der Waals surface area contributed by atoms with Gasteiger partial charge in [-0.3, -0.25) is 4.99 Å². The minimum Gasteiger partial charge on any atom is -0.502 e. The topological polar surface area (TPSA) is 75.1 Å². The number of nitrogens with one attached hydrogen (secondary N) is 2. The number of guanidine groups is 1. The van der Waals surface area contributed by atoms with Gasteiger partial charge in [0.1, 0.15) is 0 Å². The predicted molar refractivity (Wildman–Crippen MR) is 115 cm³/mol. The average molecular weight is 471 g/mol. The number of methoxy groups -OCH3 is 2. The van der Waals surface area contributed by atoms with Crippen molar-refractivity contribution in [2.75, 3.05) is 21.3 Å². The number of nitrogens with zero attached hydrogens (tertiary/aromatic N) is 1. The van der Waals surface area contributed by atoms with E-state index in [-0.39, 0.29) is 29.7 Å². The highest BCUT2D eigenvalue weighted by Crippen LogP contribution is 2.36. The second-order valence-corrected chi connectivity index (χ2v) is 5.61. The zero-order valence-corrected chi connectivity index (χ0v) is 17.8. The van der Waals surface area contributed by atoms with Gasteiger partial charge in [0.2, 0.25) is 5.75 Å². The van der Waals surface area contributed by atoms with Crippen molar-refractivity contribution in [3.63, 3.8) is 0 Å². The highest BCUT2D eigenvalue weighted by molar-refractivity contribution is 14.0. The van der Waals surface area contributed by atoms with E-state index >= 15 is 0 Å². The Hall–Kier alpha value is -2.16. The third kappa shape index (κ3) is 5.98. The normalized spacial score (nSPS) is 10.7. The first-order chi connectivity index (χ1) is 12.1. The molecule has 0 aliphatic carbocycles. The van der Waals surface area contributed by atoms with Gasteiger partial charge in [-0.1, -0.05) is 29.8 Å². The molecule has 0 aliphatic heterocycles. The lowest BCUT2D eigenvalue weighted by molar-refractivity contribution is 0.339. The summed E-state index contributed by atoms with van der Waals surface area (Å²) in [4.78, 5) is 4.22. The lowest BCUT2D eigenvalue weighted by atomic mass is 10.1. The second-order valence-electron chi connectivity index (χ2n) is 5.61. The lowest BCUT2D eigenvalue weighted by Crippen LogP contribution is -2.36. The van der Waals surface area contributed by atoms with Gasteiger partial charge in [-0.25, -0.2) is 0 Å². The van der Waals surface area contributed by atoms with E-state index in [0.29, 0.717) is 30.5 Å². The molecule has 142 valence electrons. The highest BCUT2D eigenvalue weighted by atomic mass is 127. The highest BCUT2D eigenvalue weighted by Gasteiger charge is 2.11. The molecular formula is C19H26IN3O3. The number of aryl methyl sites for hydroxylation is 1. The van der Waals surface area contributed by atoms with Crippen LogP contribution in [-0.2, 0) is 13.1 Å². The number of phenols is 1. The number of aliphatic imine (C=N–C) groups is 1. The van der Waals surface area contributed by atoms with Crippen LogP contribution in [0.2, 0.25) is 0 Å². The fraction of sp³-hybridized carbons (Fsp3) is 0.316. The maximum atomic E-state index is 9.96. The summed E-state index contributed by atoms with van der Waals surface area (Å²) in [5, 5.41) is 16.5. The molecule has 2 aromatic carbocycles. The van der Waals surface area contributed by atoms with Gasteiger partial charge in [0.25, 0.3) is 0 Å². The Bertz CT molecular complexity index is 708. The lowest BCUT2D eigenvalue weighted by Gasteiger charge is -2.14. The molecule has 3 N–H and O–H groups in total. The molecule has 0 aromatic heterocycles. The predicted octanol–water partition coefficient (Wildman–Crippen LogP) is 3.20. The van der Waals surface area contributed by atoms with E-state index in [0.717, 1.165) is 5.56 Å². The quantitative estimate of drug-likeness (QED) is 0.343. The average Bonchev–Trinajstić information content (AvgIpc) is 2.64. The fourth-order valence-electron chi connectivity index (χ4n) is 2.35.